The second-order valence-corrected chi connectivity index (χ2v) is 7.99. The number of benzene rings is 2. The third kappa shape index (κ3) is 6.70. The summed E-state index contributed by atoms with van der Waals surface area (Å²) in [5.41, 5.74) is 0.980. The molecule has 150 valence electrons. The molecule has 0 radical (unpaired) electrons. The minimum atomic E-state index is -3.54. The molecule has 0 aliphatic carbocycles. The van der Waals surface area contributed by atoms with Crippen LogP contribution in [0.4, 0.5) is 15.8 Å². The zero-order valence-corrected chi connectivity index (χ0v) is 16.4. The first-order valence-corrected chi connectivity index (χ1v) is 10.5. The molecule has 0 spiro atoms. The Bertz CT molecular complexity index is 897. The first-order valence-electron chi connectivity index (χ1n) is 8.66. The van der Waals surface area contributed by atoms with E-state index in [4.69, 9.17) is 4.74 Å². The molecule has 0 fully saturated rings. The number of hydrogen-bond donors (Lipinski definition) is 1. The van der Waals surface area contributed by atoms with Gasteiger partial charge in [0, 0.05) is 18.7 Å². The van der Waals surface area contributed by atoms with Crippen molar-refractivity contribution >= 4 is 27.3 Å². The fraction of sp³-hybridized carbons (Fsp3) is 0.250. The van der Waals surface area contributed by atoms with Crippen LogP contribution in [0.3, 0.4) is 0 Å². The van der Waals surface area contributed by atoms with Gasteiger partial charge < -0.3 is 10.1 Å². The summed E-state index contributed by atoms with van der Waals surface area (Å²) in [4.78, 5) is 12.1. The van der Waals surface area contributed by atoms with E-state index in [1.54, 1.807) is 30.3 Å². The van der Waals surface area contributed by atoms with Crippen LogP contribution in [0.25, 0.3) is 0 Å². The minimum Gasteiger partial charge on any atom is -0.490 e. The quantitative estimate of drug-likeness (QED) is 0.612. The lowest BCUT2D eigenvalue weighted by Crippen LogP contribution is -2.31. The number of nitrogens with one attached hydrogen (secondary N) is 1. The van der Waals surface area contributed by atoms with E-state index in [-0.39, 0.29) is 18.9 Å². The van der Waals surface area contributed by atoms with Gasteiger partial charge in [-0.1, -0.05) is 12.7 Å². The molecule has 0 saturated heterocycles. The Labute approximate surface area is 164 Å². The molecule has 2 aromatic carbocycles. The average Bonchev–Trinajstić information content (AvgIpc) is 2.65. The maximum absolute atomic E-state index is 13.1. The van der Waals surface area contributed by atoms with Crippen molar-refractivity contribution in [3.63, 3.8) is 0 Å². The first-order chi connectivity index (χ1) is 13.3. The molecule has 0 atom stereocenters. The van der Waals surface area contributed by atoms with Gasteiger partial charge in [0.2, 0.25) is 15.9 Å². The van der Waals surface area contributed by atoms with Gasteiger partial charge in [-0.2, -0.15) is 0 Å². The second kappa shape index (κ2) is 9.89. The third-order valence-electron chi connectivity index (χ3n) is 3.79. The van der Waals surface area contributed by atoms with Crippen LogP contribution in [0.15, 0.2) is 61.2 Å². The molecule has 1 N–H and O–H groups in total. The van der Waals surface area contributed by atoms with Gasteiger partial charge in [-0.25, -0.2) is 12.8 Å². The Morgan fingerprint density at radius 1 is 1.18 bits per heavy atom. The van der Waals surface area contributed by atoms with Crippen LogP contribution < -0.4 is 14.4 Å². The number of anilines is 2. The highest BCUT2D eigenvalue weighted by Gasteiger charge is 2.17. The van der Waals surface area contributed by atoms with E-state index in [2.05, 4.69) is 11.9 Å². The number of sulfonamides is 1. The van der Waals surface area contributed by atoms with E-state index in [9.17, 15) is 17.6 Å². The fourth-order valence-electron chi connectivity index (χ4n) is 2.49. The van der Waals surface area contributed by atoms with Crippen molar-refractivity contribution in [3.8, 4) is 5.75 Å². The lowest BCUT2D eigenvalue weighted by atomic mass is 10.2. The van der Waals surface area contributed by atoms with Gasteiger partial charge in [0.25, 0.3) is 0 Å². The molecule has 0 bridgehead atoms. The van der Waals surface area contributed by atoms with Gasteiger partial charge in [-0.15, -0.1) is 0 Å². The fourth-order valence-corrected chi connectivity index (χ4v) is 3.46. The first kappa shape index (κ1) is 21.4. The van der Waals surface area contributed by atoms with E-state index >= 15 is 0 Å². The van der Waals surface area contributed by atoms with Gasteiger partial charge in [0.05, 0.1) is 11.9 Å². The summed E-state index contributed by atoms with van der Waals surface area (Å²) in [6.45, 7) is 4.09. The largest absolute Gasteiger partial charge is 0.490 e. The maximum atomic E-state index is 13.1. The van der Waals surface area contributed by atoms with Crippen molar-refractivity contribution in [2.45, 2.75) is 12.8 Å². The molecule has 28 heavy (non-hydrogen) atoms. The van der Waals surface area contributed by atoms with Crippen molar-refractivity contribution in [2.75, 3.05) is 29.0 Å². The lowest BCUT2D eigenvalue weighted by molar-refractivity contribution is -0.116. The maximum Gasteiger partial charge on any atom is 0.232 e. The van der Waals surface area contributed by atoms with Crippen molar-refractivity contribution < 1.29 is 22.3 Å². The number of amides is 1. The number of rotatable bonds is 10. The van der Waals surface area contributed by atoms with E-state index < -0.39 is 15.8 Å². The Hall–Kier alpha value is -2.87. The van der Waals surface area contributed by atoms with Crippen LogP contribution in [-0.4, -0.2) is 33.7 Å². The van der Waals surface area contributed by atoms with Crippen molar-refractivity contribution in [1.82, 2.24) is 0 Å². The summed E-state index contributed by atoms with van der Waals surface area (Å²) in [5.74, 6) is -0.00852. The second-order valence-electron chi connectivity index (χ2n) is 6.09. The average molecular weight is 406 g/mol. The summed E-state index contributed by atoms with van der Waals surface area (Å²) in [7, 11) is -3.54. The summed E-state index contributed by atoms with van der Waals surface area (Å²) < 4.78 is 43.6. The monoisotopic (exact) mass is 406 g/mol. The standard InChI is InChI=1S/C20H23FN2O4S/c1-3-15-27-19-12-8-17(9-13-19)22-20(24)5-4-14-23(28(2,25)26)18-10-6-16(21)7-11-18/h3,6-13H,1,4-5,14-15H2,2H3,(H,22,24). The number of carbonyl (C=O) groups is 1. The molecule has 0 aliphatic rings. The summed E-state index contributed by atoms with van der Waals surface area (Å²) in [6.07, 6.45) is 3.17. The predicted molar refractivity (Wildman–Crippen MR) is 109 cm³/mol. The van der Waals surface area contributed by atoms with E-state index in [0.29, 0.717) is 30.2 Å². The Morgan fingerprint density at radius 3 is 2.39 bits per heavy atom. The molecule has 1 amide bonds. The zero-order valence-electron chi connectivity index (χ0n) is 15.6. The van der Waals surface area contributed by atoms with Crippen LogP contribution in [-0.2, 0) is 14.8 Å². The van der Waals surface area contributed by atoms with Crippen molar-refractivity contribution in [1.29, 1.82) is 0 Å². The lowest BCUT2D eigenvalue weighted by Gasteiger charge is -2.22. The number of carbonyl (C=O) groups excluding carboxylic acids is 1. The molecule has 0 heterocycles. The van der Waals surface area contributed by atoms with E-state index in [1.165, 1.54) is 24.3 Å². The van der Waals surface area contributed by atoms with Gasteiger partial charge in [0.15, 0.2) is 0 Å². The van der Waals surface area contributed by atoms with Crippen LogP contribution in [0.1, 0.15) is 12.8 Å². The molecular weight excluding hydrogens is 383 g/mol. The van der Waals surface area contributed by atoms with Crippen LogP contribution in [0, 0.1) is 5.82 Å². The van der Waals surface area contributed by atoms with Gasteiger partial charge in [0.1, 0.15) is 18.2 Å². The number of halogens is 1. The topological polar surface area (TPSA) is 75.7 Å². The van der Waals surface area contributed by atoms with Crippen LogP contribution in [0.2, 0.25) is 0 Å². The number of hydrogen-bond acceptors (Lipinski definition) is 4. The molecule has 0 unspecified atom stereocenters. The smallest absolute Gasteiger partial charge is 0.232 e. The van der Waals surface area contributed by atoms with Gasteiger partial charge >= 0.3 is 0 Å². The normalized spacial score (nSPS) is 10.9. The highest BCUT2D eigenvalue weighted by molar-refractivity contribution is 7.92. The Kier molecular flexibility index (Phi) is 7.57. The molecule has 0 aromatic heterocycles. The predicted octanol–water partition coefficient (Wildman–Crippen LogP) is 3.58. The SMILES string of the molecule is C=CCOc1ccc(NC(=O)CCCN(c2ccc(F)cc2)S(C)(=O)=O)cc1. The molecule has 8 heteroatoms. The van der Waals surface area contributed by atoms with E-state index in [1.807, 2.05) is 0 Å². The Morgan fingerprint density at radius 2 is 1.82 bits per heavy atom. The number of ether oxygens (including phenoxy) is 1. The minimum absolute atomic E-state index is 0.117. The molecule has 6 nitrogen and oxygen atoms in total. The van der Waals surface area contributed by atoms with Crippen LogP contribution in [0.5, 0.6) is 5.75 Å². The highest BCUT2D eigenvalue weighted by atomic mass is 32.2. The van der Waals surface area contributed by atoms with Crippen molar-refractivity contribution in [2.24, 2.45) is 0 Å². The summed E-state index contributed by atoms with van der Waals surface area (Å²) >= 11 is 0. The summed E-state index contributed by atoms with van der Waals surface area (Å²) in [6, 6.07) is 12.1. The molecular formula is C20H23FN2O4S. The molecule has 2 rings (SSSR count). The molecule has 2 aromatic rings. The Balaban J connectivity index is 1.88. The molecule has 0 aliphatic heterocycles. The third-order valence-corrected chi connectivity index (χ3v) is 4.98. The van der Waals surface area contributed by atoms with Gasteiger partial charge in [-0.3, -0.25) is 9.10 Å². The number of nitrogens with zero attached hydrogens (tertiary/aromatic N) is 1. The molecule has 0 saturated carbocycles. The van der Waals surface area contributed by atoms with E-state index in [0.717, 1.165) is 10.6 Å². The highest BCUT2D eigenvalue weighted by Crippen LogP contribution is 2.19. The summed E-state index contributed by atoms with van der Waals surface area (Å²) in [5, 5.41) is 2.75. The zero-order chi connectivity index (χ0) is 20.6. The van der Waals surface area contributed by atoms with Crippen LogP contribution >= 0.6 is 0 Å². The van der Waals surface area contributed by atoms with Crippen molar-refractivity contribution in [3.05, 3.63) is 67.0 Å². The van der Waals surface area contributed by atoms with Gasteiger partial charge in [-0.05, 0) is 55.0 Å².